The molecule has 26 heavy (non-hydrogen) atoms. The van der Waals surface area contributed by atoms with Gasteiger partial charge in [0.2, 0.25) is 0 Å². The van der Waals surface area contributed by atoms with Gasteiger partial charge < -0.3 is 26.0 Å². The van der Waals surface area contributed by atoms with Gasteiger partial charge in [0.25, 0.3) is 0 Å². The number of hydrogen-bond acceptors (Lipinski definition) is 4. The molecule has 0 bridgehead atoms. The van der Waals surface area contributed by atoms with Crippen LogP contribution in [0.5, 0.6) is 11.5 Å². The third-order valence-electron chi connectivity index (χ3n) is 3.89. The number of carboxylic acid groups (broad SMARTS) is 1. The molecule has 0 aliphatic carbocycles. The van der Waals surface area contributed by atoms with Crippen molar-refractivity contribution < 1.29 is 20.1 Å². The Balaban J connectivity index is 2.01. The van der Waals surface area contributed by atoms with Crippen molar-refractivity contribution in [1.29, 1.82) is 0 Å². The van der Waals surface area contributed by atoms with E-state index in [4.69, 9.17) is 12.2 Å². The van der Waals surface area contributed by atoms with Crippen LogP contribution >= 0.6 is 12.2 Å². The lowest BCUT2D eigenvalue weighted by Crippen LogP contribution is -2.45. The summed E-state index contributed by atoms with van der Waals surface area (Å²) in [5, 5.41) is 34.6. The van der Waals surface area contributed by atoms with E-state index in [9.17, 15) is 20.1 Å². The molecular formula is C19H16N2O4S. The van der Waals surface area contributed by atoms with Crippen LogP contribution in [0.15, 0.2) is 65.9 Å². The fourth-order valence-corrected chi connectivity index (χ4v) is 2.86. The quantitative estimate of drug-likeness (QED) is 0.529. The second-order valence-electron chi connectivity index (χ2n) is 5.68. The van der Waals surface area contributed by atoms with Crippen molar-refractivity contribution in [3.8, 4) is 11.5 Å². The molecule has 1 unspecified atom stereocenters. The van der Waals surface area contributed by atoms with Crippen LogP contribution in [0, 0.1) is 0 Å². The minimum Gasteiger partial charge on any atom is -0.508 e. The summed E-state index contributed by atoms with van der Waals surface area (Å²) in [6, 6.07) is 12.1. The summed E-state index contributed by atoms with van der Waals surface area (Å²) in [7, 11) is 0. The van der Waals surface area contributed by atoms with Gasteiger partial charge in [-0.25, -0.2) is 4.79 Å². The summed E-state index contributed by atoms with van der Waals surface area (Å²) in [6.07, 6.45) is 3.36. The first kappa shape index (κ1) is 17.5. The number of thiocarbonyl (C=S) groups is 1. The molecule has 6 nitrogen and oxygen atoms in total. The molecule has 0 fully saturated rings. The average molecular weight is 368 g/mol. The highest BCUT2D eigenvalue weighted by Crippen LogP contribution is 2.28. The molecule has 132 valence electrons. The molecule has 1 atom stereocenters. The zero-order valence-corrected chi connectivity index (χ0v) is 14.3. The monoisotopic (exact) mass is 368 g/mol. The zero-order valence-electron chi connectivity index (χ0n) is 13.5. The fraction of sp³-hybridized carbons (Fsp3) is 0.0526. The molecule has 2 aromatic rings. The van der Waals surface area contributed by atoms with E-state index in [1.54, 1.807) is 48.6 Å². The van der Waals surface area contributed by atoms with Gasteiger partial charge in [-0.2, -0.15) is 0 Å². The van der Waals surface area contributed by atoms with E-state index >= 15 is 0 Å². The molecular weight excluding hydrogens is 352 g/mol. The van der Waals surface area contributed by atoms with Crippen LogP contribution in [-0.2, 0) is 4.79 Å². The van der Waals surface area contributed by atoms with E-state index in [0.717, 1.165) is 5.56 Å². The highest BCUT2D eigenvalue weighted by atomic mass is 32.1. The summed E-state index contributed by atoms with van der Waals surface area (Å²) in [5.74, 6) is -0.837. The molecule has 0 aromatic heterocycles. The third kappa shape index (κ3) is 3.84. The van der Waals surface area contributed by atoms with Gasteiger partial charge in [0, 0.05) is 0 Å². The van der Waals surface area contributed by atoms with Crippen molar-refractivity contribution >= 4 is 29.4 Å². The predicted molar refractivity (Wildman–Crippen MR) is 102 cm³/mol. The Morgan fingerprint density at radius 1 is 0.962 bits per heavy atom. The first-order valence-corrected chi connectivity index (χ1v) is 8.16. The highest BCUT2D eigenvalue weighted by molar-refractivity contribution is 7.80. The van der Waals surface area contributed by atoms with Gasteiger partial charge in [0.1, 0.15) is 11.5 Å². The minimum atomic E-state index is -1.09. The predicted octanol–water partition coefficient (Wildman–Crippen LogP) is 2.67. The lowest BCUT2D eigenvalue weighted by molar-refractivity contribution is -0.133. The number of nitrogens with one attached hydrogen (secondary N) is 2. The van der Waals surface area contributed by atoms with Crippen molar-refractivity contribution in [2.24, 2.45) is 0 Å². The zero-order chi connectivity index (χ0) is 18.7. The highest BCUT2D eigenvalue weighted by Gasteiger charge is 2.30. The number of allylic oxidation sites excluding steroid dienone is 1. The number of phenols is 2. The van der Waals surface area contributed by atoms with E-state index in [1.807, 2.05) is 0 Å². The Morgan fingerprint density at radius 2 is 1.54 bits per heavy atom. The van der Waals surface area contributed by atoms with Gasteiger partial charge in [-0.3, -0.25) is 0 Å². The van der Waals surface area contributed by atoms with Crippen molar-refractivity contribution in [3.05, 3.63) is 77.0 Å². The fourth-order valence-electron chi connectivity index (χ4n) is 2.64. The summed E-state index contributed by atoms with van der Waals surface area (Å²) in [6.45, 7) is 0. The Kier molecular flexibility index (Phi) is 4.90. The second kappa shape index (κ2) is 7.28. The standard InChI is InChI=1S/C19H16N2O4S/c22-13-6-1-11(2-7-13)3-10-15-16(18(24)25)17(21-19(26)20-15)12-4-8-14(23)9-5-12/h1-10,17,22-23H,(H,24,25)(H2,20,21,26)/b10-3+. The lowest BCUT2D eigenvalue weighted by atomic mass is 9.95. The molecule has 0 amide bonds. The summed E-state index contributed by atoms with van der Waals surface area (Å²) >= 11 is 5.21. The Labute approximate surface area is 155 Å². The van der Waals surface area contributed by atoms with Crippen LogP contribution in [0.4, 0.5) is 0 Å². The van der Waals surface area contributed by atoms with Crippen LogP contribution in [-0.4, -0.2) is 26.4 Å². The molecule has 0 spiro atoms. The van der Waals surface area contributed by atoms with Gasteiger partial charge in [0.15, 0.2) is 5.11 Å². The molecule has 3 rings (SSSR count). The van der Waals surface area contributed by atoms with Gasteiger partial charge in [-0.1, -0.05) is 30.3 Å². The molecule has 1 aliphatic heterocycles. The minimum absolute atomic E-state index is 0.0959. The van der Waals surface area contributed by atoms with Crippen molar-refractivity contribution in [2.45, 2.75) is 6.04 Å². The molecule has 7 heteroatoms. The maximum absolute atomic E-state index is 11.9. The summed E-state index contributed by atoms with van der Waals surface area (Å²) in [4.78, 5) is 11.9. The van der Waals surface area contributed by atoms with Gasteiger partial charge >= 0.3 is 5.97 Å². The van der Waals surface area contributed by atoms with E-state index in [1.165, 1.54) is 12.1 Å². The second-order valence-corrected chi connectivity index (χ2v) is 6.09. The van der Waals surface area contributed by atoms with Crippen molar-refractivity contribution in [1.82, 2.24) is 10.6 Å². The van der Waals surface area contributed by atoms with Crippen LogP contribution in [0.1, 0.15) is 17.2 Å². The summed E-state index contributed by atoms with van der Waals surface area (Å²) < 4.78 is 0. The molecule has 1 aliphatic rings. The number of phenolic OH excluding ortho intramolecular Hbond substituents is 2. The van der Waals surface area contributed by atoms with Crippen LogP contribution in [0.2, 0.25) is 0 Å². The average Bonchev–Trinajstić information content (AvgIpc) is 2.61. The van der Waals surface area contributed by atoms with Crippen LogP contribution < -0.4 is 10.6 Å². The first-order chi connectivity index (χ1) is 12.4. The van der Waals surface area contributed by atoms with E-state index < -0.39 is 12.0 Å². The number of carbonyl (C=O) groups is 1. The van der Waals surface area contributed by atoms with Crippen molar-refractivity contribution in [3.63, 3.8) is 0 Å². The number of benzene rings is 2. The molecule has 5 N–H and O–H groups in total. The number of aliphatic carboxylic acids is 1. The first-order valence-electron chi connectivity index (χ1n) is 7.75. The number of hydrogen-bond donors (Lipinski definition) is 5. The molecule has 0 radical (unpaired) electrons. The normalized spacial score (nSPS) is 17.1. The van der Waals surface area contributed by atoms with Gasteiger partial charge in [0.05, 0.1) is 17.3 Å². The Bertz CT molecular complexity index is 902. The topological polar surface area (TPSA) is 102 Å². The smallest absolute Gasteiger partial charge is 0.336 e. The largest absolute Gasteiger partial charge is 0.508 e. The molecule has 0 saturated carbocycles. The van der Waals surface area contributed by atoms with E-state index in [2.05, 4.69) is 10.6 Å². The maximum Gasteiger partial charge on any atom is 0.336 e. The summed E-state index contributed by atoms with van der Waals surface area (Å²) in [5.41, 5.74) is 1.94. The molecule has 2 aromatic carbocycles. The molecule has 1 heterocycles. The van der Waals surface area contributed by atoms with Crippen LogP contribution in [0.3, 0.4) is 0 Å². The maximum atomic E-state index is 11.9. The SMILES string of the molecule is O=C(O)C1=C(/C=C/c2ccc(O)cc2)NC(=S)NC1c1ccc(O)cc1. The van der Waals surface area contributed by atoms with E-state index in [-0.39, 0.29) is 17.1 Å². The Morgan fingerprint density at radius 3 is 2.12 bits per heavy atom. The lowest BCUT2D eigenvalue weighted by Gasteiger charge is -2.29. The van der Waals surface area contributed by atoms with Crippen molar-refractivity contribution in [2.75, 3.05) is 0 Å². The van der Waals surface area contributed by atoms with Crippen LogP contribution in [0.25, 0.3) is 6.08 Å². The third-order valence-corrected chi connectivity index (χ3v) is 4.11. The molecule has 0 saturated heterocycles. The number of rotatable bonds is 4. The number of carboxylic acids is 1. The van der Waals surface area contributed by atoms with Gasteiger partial charge in [-0.05, 0) is 53.7 Å². The Hall–Kier alpha value is -3.32. The van der Waals surface area contributed by atoms with E-state index in [0.29, 0.717) is 16.4 Å². The van der Waals surface area contributed by atoms with Gasteiger partial charge in [-0.15, -0.1) is 0 Å². The number of aromatic hydroxyl groups is 2.